The summed E-state index contributed by atoms with van der Waals surface area (Å²) in [6.45, 7) is 0. The standard InChI is InChI=1S/C25H14F5NO5S2/c26-20-21(27)23(29)25(24(30)22(20)28)38(35,36)31-19(32)12-10-15-6-3-4-8-18(15)37(33,34)17-11-9-14-5-1-2-7-16(14)13-17/h1-13H,(H,31,32)/b12-10+. The van der Waals surface area contributed by atoms with Gasteiger partial charge in [-0.05, 0) is 40.6 Å². The molecule has 1 amide bonds. The van der Waals surface area contributed by atoms with Crippen molar-refractivity contribution in [2.75, 3.05) is 0 Å². The van der Waals surface area contributed by atoms with Gasteiger partial charge in [0.05, 0.1) is 9.79 Å². The zero-order valence-corrected chi connectivity index (χ0v) is 20.4. The van der Waals surface area contributed by atoms with Crippen LogP contribution in [-0.2, 0) is 24.7 Å². The van der Waals surface area contributed by atoms with Gasteiger partial charge in [0, 0.05) is 6.08 Å². The van der Waals surface area contributed by atoms with Crippen LogP contribution >= 0.6 is 0 Å². The summed E-state index contributed by atoms with van der Waals surface area (Å²) in [4.78, 5) is 9.66. The van der Waals surface area contributed by atoms with Gasteiger partial charge in [0.15, 0.2) is 28.2 Å². The highest BCUT2D eigenvalue weighted by molar-refractivity contribution is 7.91. The highest BCUT2D eigenvalue weighted by atomic mass is 32.2. The number of nitrogens with one attached hydrogen (secondary N) is 1. The maximum absolute atomic E-state index is 13.9. The summed E-state index contributed by atoms with van der Waals surface area (Å²) < 4.78 is 120. The van der Waals surface area contributed by atoms with Gasteiger partial charge in [-0.3, -0.25) is 4.79 Å². The molecule has 0 atom stereocenters. The molecule has 38 heavy (non-hydrogen) atoms. The summed E-state index contributed by atoms with van der Waals surface area (Å²) in [5.74, 6) is -14.5. The Hall–Kier alpha value is -4.10. The van der Waals surface area contributed by atoms with Crippen molar-refractivity contribution in [3.05, 3.63) is 107 Å². The van der Waals surface area contributed by atoms with Gasteiger partial charge in [-0.15, -0.1) is 0 Å². The van der Waals surface area contributed by atoms with E-state index in [1.165, 1.54) is 41.1 Å². The summed E-state index contributed by atoms with van der Waals surface area (Å²) in [6, 6.07) is 16.9. The number of sulfone groups is 1. The van der Waals surface area contributed by atoms with E-state index < -0.39 is 59.7 Å². The van der Waals surface area contributed by atoms with E-state index in [1.54, 1.807) is 30.3 Å². The lowest BCUT2D eigenvalue weighted by atomic mass is 10.1. The van der Waals surface area contributed by atoms with Gasteiger partial charge in [0.1, 0.15) is 0 Å². The Morgan fingerprint density at radius 1 is 0.684 bits per heavy atom. The van der Waals surface area contributed by atoms with Gasteiger partial charge in [0.2, 0.25) is 15.7 Å². The summed E-state index contributed by atoms with van der Waals surface area (Å²) in [5, 5.41) is 1.45. The van der Waals surface area contributed by atoms with Crippen LogP contribution in [-0.4, -0.2) is 22.7 Å². The number of halogens is 5. The summed E-state index contributed by atoms with van der Waals surface area (Å²) in [7, 11) is -9.69. The molecule has 0 aliphatic rings. The van der Waals surface area contributed by atoms with E-state index >= 15 is 0 Å². The largest absolute Gasteiger partial charge is 0.270 e. The fourth-order valence-electron chi connectivity index (χ4n) is 3.53. The molecule has 0 radical (unpaired) electrons. The first-order valence-corrected chi connectivity index (χ1v) is 13.4. The molecule has 0 saturated carbocycles. The lowest BCUT2D eigenvalue weighted by molar-refractivity contribution is -0.114. The van der Waals surface area contributed by atoms with Crippen LogP contribution in [0.1, 0.15) is 5.56 Å². The molecule has 0 heterocycles. The molecule has 0 bridgehead atoms. The van der Waals surface area contributed by atoms with Crippen LogP contribution in [0.25, 0.3) is 16.8 Å². The Morgan fingerprint density at radius 3 is 1.89 bits per heavy atom. The number of rotatable bonds is 6. The van der Waals surface area contributed by atoms with E-state index in [2.05, 4.69) is 0 Å². The maximum atomic E-state index is 13.9. The Balaban J connectivity index is 1.65. The second kappa shape index (κ2) is 9.99. The third-order valence-corrected chi connectivity index (χ3v) is 8.52. The van der Waals surface area contributed by atoms with Crippen molar-refractivity contribution >= 4 is 42.6 Å². The monoisotopic (exact) mass is 567 g/mol. The van der Waals surface area contributed by atoms with Gasteiger partial charge in [-0.1, -0.05) is 48.5 Å². The molecule has 0 unspecified atom stereocenters. The van der Waals surface area contributed by atoms with Gasteiger partial charge >= 0.3 is 0 Å². The molecule has 0 spiro atoms. The lowest BCUT2D eigenvalue weighted by Gasteiger charge is -2.10. The predicted molar refractivity (Wildman–Crippen MR) is 126 cm³/mol. The SMILES string of the molecule is O=C(/C=C/c1ccccc1S(=O)(=O)c1ccc2ccccc2c1)NS(=O)(=O)c1c(F)c(F)c(F)c(F)c1F. The van der Waals surface area contributed by atoms with Gasteiger partial charge in [-0.2, -0.15) is 0 Å². The van der Waals surface area contributed by atoms with Crippen LogP contribution in [0, 0.1) is 29.1 Å². The highest BCUT2D eigenvalue weighted by Gasteiger charge is 2.34. The zero-order valence-electron chi connectivity index (χ0n) is 18.8. The van der Waals surface area contributed by atoms with Crippen molar-refractivity contribution < 1.29 is 43.6 Å². The molecule has 0 aromatic heterocycles. The predicted octanol–water partition coefficient (Wildman–Crippen LogP) is 4.89. The molecule has 1 N–H and O–H groups in total. The number of hydrogen-bond donors (Lipinski definition) is 1. The number of hydrogen-bond acceptors (Lipinski definition) is 5. The summed E-state index contributed by atoms with van der Waals surface area (Å²) in [6.07, 6.45) is 1.44. The average molecular weight is 568 g/mol. The van der Waals surface area contributed by atoms with Crippen molar-refractivity contribution in [2.24, 2.45) is 0 Å². The zero-order chi connectivity index (χ0) is 27.8. The van der Waals surface area contributed by atoms with Crippen LogP contribution in [0.5, 0.6) is 0 Å². The van der Waals surface area contributed by atoms with E-state index in [-0.39, 0.29) is 15.4 Å². The fraction of sp³-hybridized carbons (Fsp3) is 0. The molecule has 6 nitrogen and oxygen atoms in total. The van der Waals surface area contributed by atoms with E-state index in [9.17, 15) is 43.6 Å². The molecule has 0 aliphatic heterocycles. The minimum atomic E-state index is -5.56. The molecule has 4 rings (SSSR count). The van der Waals surface area contributed by atoms with Gasteiger partial charge in [0.25, 0.3) is 15.9 Å². The number of carbonyl (C=O) groups is 1. The topological polar surface area (TPSA) is 97.4 Å². The van der Waals surface area contributed by atoms with E-state index in [0.717, 1.165) is 11.5 Å². The van der Waals surface area contributed by atoms with Crippen LogP contribution in [0.3, 0.4) is 0 Å². The number of benzene rings is 4. The Kier molecular flexibility index (Phi) is 7.08. The van der Waals surface area contributed by atoms with Crippen molar-refractivity contribution in [1.29, 1.82) is 0 Å². The van der Waals surface area contributed by atoms with E-state index in [1.807, 2.05) is 0 Å². The van der Waals surface area contributed by atoms with Crippen molar-refractivity contribution in [3.63, 3.8) is 0 Å². The van der Waals surface area contributed by atoms with Crippen LogP contribution in [0.2, 0.25) is 0 Å². The smallest absolute Gasteiger partial charge is 0.269 e. The summed E-state index contributed by atoms with van der Waals surface area (Å²) >= 11 is 0. The highest BCUT2D eigenvalue weighted by Crippen LogP contribution is 2.28. The second-order valence-electron chi connectivity index (χ2n) is 7.75. The van der Waals surface area contributed by atoms with Crippen molar-refractivity contribution in [1.82, 2.24) is 4.72 Å². The molecule has 196 valence electrons. The first-order valence-electron chi connectivity index (χ1n) is 10.4. The normalized spacial score (nSPS) is 12.2. The van der Waals surface area contributed by atoms with Crippen LogP contribution in [0.4, 0.5) is 22.0 Å². The third-order valence-electron chi connectivity index (χ3n) is 5.33. The molecular formula is C25H14F5NO5S2. The maximum Gasteiger partial charge on any atom is 0.270 e. The minimum absolute atomic E-state index is 0.0514. The first kappa shape index (κ1) is 26.9. The number of carbonyl (C=O) groups excluding carboxylic acids is 1. The van der Waals surface area contributed by atoms with Crippen molar-refractivity contribution in [3.8, 4) is 0 Å². The van der Waals surface area contributed by atoms with Crippen molar-refractivity contribution in [2.45, 2.75) is 14.7 Å². The first-order chi connectivity index (χ1) is 17.8. The molecule has 4 aromatic rings. The number of amides is 1. The van der Waals surface area contributed by atoms with Gasteiger partial charge in [-0.25, -0.2) is 43.5 Å². The van der Waals surface area contributed by atoms with E-state index in [0.29, 0.717) is 11.5 Å². The number of sulfonamides is 1. The Morgan fingerprint density at radius 2 is 1.24 bits per heavy atom. The lowest BCUT2D eigenvalue weighted by Crippen LogP contribution is -2.31. The molecular weight excluding hydrogens is 553 g/mol. The van der Waals surface area contributed by atoms with Gasteiger partial charge < -0.3 is 0 Å². The molecule has 0 fully saturated rings. The summed E-state index contributed by atoms with van der Waals surface area (Å²) in [5.41, 5.74) is -0.0514. The van der Waals surface area contributed by atoms with Crippen LogP contribution in [0.15, 0.2) is 87.5 Å². The van der Waals surface area contributed by atoms with E-state index in [4.69, 9.17) is 0 Å². The molecule has 13 heteroatoms. The second-order valence-corrected chi connectivity index (χ2v) is 11.3. The fourth-order valence-corrected chi connectivity index (χ4v) is 6.10. The quantitative estimate of drug-likeness (QED) is 0.155. The number of fused-ring (bicyclic) bond motifs is 1. The molecule has 4 aromatic carbocycles. The third kappa shape index (κ3) is 4.89. The molecule has 0 aliphatic carbocycles. The Bertz CT molecular complexity index is 1830. The minimum Gasteiger partial charge on any atom is -0.269 e. The average Bonchev–Trinajstić information content (AvgIpc) is 2.89. The molecule has 0 saturated heterocycles. The van der Waals surface area contributed by atoms with Crippen LogP contribution < -0.4 is 4.72 Å². The Labute approximate surface area is 213 Å².